The van der Waals surface area contributed by atoms with Crippen molar-refractivity contribution in [3.63, 3.8) is 0 Å². The smallest absolute Gasteiger partial charge is 0.242 e. The number of sulfonamides is 1. The summed E-state index contributed by atoms with van der Waals surface area (Å²) in [7, 11) is 0.911. The minimum Gasteiger partial charge on any atom is -0.493 e. The normalized spacial score (nSPS) is 13.8. The summed E-state index contributed by atoms with van der Waals surface area (Å²) in [4.78, 5) is 14.5. The third-order valence-corrected chi connectivity index (χ3v) is 7.33. The van der Waals surface area contributed by atoms with E-state index in [0.717, 1.165) is 29.7 Å². The molecule has 31 heavy (non-hydrogen) atoms. The lowest BCUT2D eigenvalue weighted by atomic mass is 9.98. The molecule has 0 aliphatic carbocycles. The first-order valence-electron chi connectivity index (χ1n) is 9.99. The Kier molecular flexibility index (Phi) is 7.17. The van der Waals surface area contributed by atoms with Crippen LogP contribution in [-0.2, 0) is 27.8 Å². The number of carbonyl (C=O) groups is 1. The Labute approximate surface area is 182 Å². The van der Waals surface area contributed by atoms with Crippen LogP contribution in [0.15, 0.2) is 41.3 Å². The Morgan fingerprint density at radius 3 is 2.32 bits per heavy atom. The summed E-state index contributed by atoms with van der Waals surface area (Å²) in [6.45, 7) is 1.28. The van der Waals surface area contributed by atoms with Crippen LogP contribution in [0.2, 0.25) is 0 Å². The molecule has 9 heteroatoms. The van der Waals surface area contributed by atoms with Gasteiger partial charge in [-0.3, -0.25) is 4.79 Å². The Hall–Kier alpha value is -2.65. The number of fused-ring (bicyclic) bond motifs is 1. The van der Waals surface area contributed by atoms with Crippen molar-refractivity contribution in [2.75, 3.05) is 34.4 Å². The van der Waals surface area contributed by atoms with Gasteiger partial charge in [0.15, 0.2) is 11.5 Å². The lowest BCUT2D eigenvalue weighted by Gasteiger charge is -2.30. The summed E-state index contributed by atoms with van der Waals surface area (Å²) >= 11 is 0. The molecule has 0 spiro atoms. The third kappa shape index (κ3) is 5.16. The van der Waals surface area contributed by atoms with Gasteiger partial charge in [-0.15, -0.1) is 0 Å². The lowest BCUT2D eigenvalue weighted by molar-refractivity contribution is -0.132. The largest absolute Gasteiger partial charge is 0.493 e. The van der Waals surface area contributed by atoms with E-state index in [4.69, 9.17) is 9.47 Å². The number of methoxy groups -OCH3 is 2. The highest BCUT2D eigenvalue weighted by Gasteiger charge is 2.24. The number of nitrogens with zero attached hydrogens (tertiary/aromatic N) is 2. The van der Waals surface area contributed by atoms with Crippen molar-refractivity contribution < 1.29 is 27.1 Å². The Morgan fingerprint density at radius 2 is 1.71 bits per heavy atom. The molecule has 0 N–H and O–H groups in total. The highest BCUT2D eigenvalue weighted by atomic mass is 32.2. The highest BCUT2D eigenvalue weighted by Crippen LogP contribution is 2.33. The molecule has 0 aromatic heterocycles. The summed E-state index contributed by atoms with van der Waals surface area (Å²) in [5, 5.41) is 0. The second-order valence-electron chi connectivity index (χ2n) is 7.43. The summed E-state index contributed by atoms with van der Waals surface area (Å²) in [6.07, 6.45) is 1.36. The summed E-state index contributed by atoms with van der Waals surface area (Å²) in [6, 6.07) is 8.55. The zero-order valence-electron chi connectivity index (χ0n) is 17.9. The predicted molar refractivity (Wildman–Crippen MR) is 114 cm³/mol. The summed E-state index contributed by atoms with van der Waals surface area (Å²) < 4.78 is 50.0. The minimum absolute atomic E-state index is 0.0204. The molecule has 168 valence electrons. The van der Waals surface area contributed by atoms with Gasteiger partial charge in [0.25, 0.3) is 0 Å². The Balaban J connectivity index is 1.56. The topological polar surface area (TPSA) is 76.2 Å². The van der Waals surface area contributed by atoms with Crippen LogP contribution < -0.4 is 9.47 Å². The molecule has 0 fully saturated rings. The van der Waals surface area contributed by atoms with Gasteiger partial charge in [0.2, 0.25) is 15.9 Å². The molecule has 1 amide bonds. The number of halogens is 1. The lowest BCUT2D eigenvalue weighted by Crippen LogP contribution is -2.36. The molecule has 2 aromatic carbocycles. The molecule has 0 bridgehead atoms. The van der Waals surface area contributed by atoms with Gasteiger partial charge in [-0.25, -0.2) is 17.1 Å². The van der Waals surface area contributed by atoms with E-state index in [1.165, 1.54) is 23.5 Å². The molecule has 1 aliphatic rings. The number of hydrogen-bond donors (Lipinski definition) is 0. The van der Waals surface area contributed by atoms with Crippen molar-refractivity contribution in [3.05, 3.63) is 53.3 Å². The highest BCUT2D eigenvalue weighted by molar-refractivity contribution is 7.89. The molecular weight excluding hydrogens is 423 g/mol. The van der Waals surface area contributed by atoms with Gasteiger partial charge in [0.1, 0.15) is 5.82 Å². The van der Waals surface area contributed by atoms with Crippen LogP contribution in [0, 0.1) is 5.82 Å². The fraction of sp³-hybridized carbons (Fsp3) is 0.409. The molecule has 0 unspecified atom stereocenters. The van der Waals surface area contributed by atoms with Gasteiger partial charge >= 0.3 is 0 Å². The van der Waals surface area contributed by atoms with Crippen LogP contribution in [0.1, 0.15) is 24.0 Å². The van der Waals surface area contributed by atoms with Crippen LogP contribution in [0.3, 0.4) is 0 Å². The predicted octanol–water partition coefficient (Wildman–Crippen LogP) is 2.83. The van der Waals surface area contributed by atoms with Crippen molar-refractivity contribution in [3.8, 4) is 11.5 Å². The van der Waals surface area contributed by atoms with Crippen molar-refractivity contribution in [1.82, 2.24) is 9.21 Å². The first-order chi connectivity index (χ1) is 14.8. The van der Waals surface area contributed by atoms with Crippen molar-refractivity contribution in [1.29, 1.82) is 0 Å². The van der Waals surface area contributed by atoms with Crippen LogP contribution in [-0.4, -0.2) is 57.9 Å². The summed E-state index contributed by atoms with van der Waals surface area (Å²) in [5.74, 6) is 0.786. The number of hydrogen-bond acceptors (Lipinski definition) is 5. The maximum absolute atomic E-state index is 13.1. The Morgan fingerprint density at radius 1 is 1.10 bits per heavy atom. The monoisotopic (exact) mass is 450 g/mol. The molecule has 0 saturated heterocycles. The fourth-order valence-electron chi connectivity index (χ4n) is 3.61. The molecule has 0 radical (unpaired) electrons. The second-order valence-corrected chi connectivity index (χ2v) is 9.47. The van der Waals surface area contributed by atoms with E-state index >= 15 is 0 Å². The summed E-state index contributed by atoms with van der Waals surface area (Å²) in [5.41, 5.74) is 2.15. The van der Waals surface area contributed by atoms with Gasteiger partial charge in [-0.05, 0) is 60.4 Å². The molecule has 2 aromatic rings. The Bertz CT molecular complexity index is 1040. The minimum atomic E-state index is -3.72. The maximum atomic E-state index is 13.1. The van der Waals surface area contributed by atoms with E-state index in [0.29, 0.717) is 31.0 Å². The van der Waals surface area contributed by atoms with Gasteiger partial charge in [0.05, 0.1) is 19.1 Å². The van der Waals surface area contributed by atoms with Crippen LogP contribution in [0.5, 0.6) is 11.5 Å². The van der Waals surface area contributed by atoms with E-state index < -0.39 is 15.8 Å². The number of rotatable bonds is 8. The molecule has 7 nitrogen and oxygen atoms in total. The first kappa shape index (κ1) is 23.0. The van der Waals surface area contributed by atoms with E-state index in [1.54, 1.807) is 19.1 Å². The zero-order chi connectivity index (χ0) is 22.6. The fourth-order valence-corrected chi connectivity index (χ4v) is 4.82. The second kappa shape index (κ2) is 9.65. The third-order valence-electron chi connectivity index (χ3n) is 5.46. The van der Waals surface area contributed by atoms with Crippen LogP contribution in [0.25, 0.3) is 0 Å². The number of ether oxygens (including phenoxy) is 2. The average Bonchev–Trinajstić information content (AvgIpc) is 2.77. The molecule has 0 atom stereocenters. The van der Waals surface area contributed by atoms with E-state index in [-0.39, 0.29) is 23.8 Å². The quantitative estimate of drug-likeness (QED) is 0.618. The molecule has 0 saturated carbocycles. The van der Waals surface area contributed by atoms with E-state index in [2.05, 4.69) is 0 Å². The first-order valence-corrected chi connectivity index (χ1v) is 11.4. The van der Waals surface area contributed by atoms with Crippen molar-refractivity contribution in [2.24, 2.45) is 0 Å². The van der Waals surface area contributed by atoms with Gasteiger partial charge in [-0.2, -0.15) is 0 Å². The standard InChI is InChI=1S/C22H27FN2O5S/c1-24(31(27,28)19-8-6-18(23)7-9-19)11-4-5-22(26)25-12-10-16-13-20(29-2)21(30-3)14-17(16)15-25/h6-9,13-14H,4-5,10-12,15H2,1-3H3. The van der Waals surface area contributed by atoms with Crippen LogP contribution in [0.4, 0.5) is 4.39 Å². The van der Waals surface area contributed by atoms with Gasteiger partial charge in [-0.1, -0.05) is 0 Å². The van der Waals surface area contributed by atoms with Crippen molar-refractivity contribution >= 4 is 15.9 Å². The number of carbonyl (C=O) groups excluding carboxylic acids is 1. The van der Waals surface area contributed by atoms with Gasteiger partial charge in [0, 0.05) is 33.1 Å². The number of benzene rings is 2. The maximum Gasteiger partial charge on any atom is 0.242 e. The van der Waals surface area contributed by atoms with Crippen LogP contribution >= 0.6 is 0 Å². The van der Waals surface area contributed by atoms with Crippen molar-refractivity contribution in [2.45, 2.75) is 30.7 Å². The number of amides is 1. The van der Waals surface area contributed by atoms with E-state index in [9.17, 15) is 17.6 Å². The van der Waals surface area contributed by atoms with E-state index in [1.807, 2.05) is 12.1 Å². The molecule has 1 aliphatic heterocycles. The molecule has 1 heterocycles. The molecule has 3 rings (SSSR count). The zero-order valence-corrected chi connectivity index (χ0v) is 18.7. The molecular formula is C22H27FN2O5S. The average molecular weight is 451 g/mol. The van der Waals surface area contributed by atoms with Gasteiger partial charge < -0.3 is 14.4 Å². The SMILES string of the molecule is COc1cc2c(cc1OC)CN(C(=O)CCCN(C)S(=O)(=O)c1ccc(F)cc1)CC2.